The molecule has 25 heavy (non-hydrogen) atoms. The van der Waals surface area contributed by atoms with E-state index in [1.807, 2.05) is 13.8 Å². The molecule has 1 aliphatic heterocycles. The lowest BCUT2D eigenvalue weighted by atomic mass is 10.2. The summed E-state index contributed by atoms with van der Waals surface area (Å²) in [5.41, 5.74) is 1.24. The van der Waals surface area contributed by atoms with Crippen LogP contribution >= 0.6 is 15.9 Å². The predicted molar refractivity (Wildman–Crippen MR) is 107 cm³/mol. The van der Waals surface area contributed by atoms with E-state index in [1.54, 1.807) is 7.05 Å². The molecule has 1 heterocycles. The quantitative estimate of drug-likeness (QED) is 0.497. The van der Waals surface area contributed by atoms with E-state index in [0.717, 1.165) is 29.9 Å². The highest BCUT2D eigenvalue weighted by atomic mass is 79.9. The number of nitrogens with one attached hydrogen (secondary N) is 3. The summed E-state index contributed by atoms with van der Waals surface area (Å²) in [7, 11) is 1.75. The van der Waals surface area contributed by atoms with E-state index in [2.05, 4.69) is 66.0 Å². The van der Waals surface area contributed by atoms with Crippen LogP contribution in [0.5, 0.6) is 0 Å². The summed E-state index contributed by atoms with van der Waals surface area (Å²) < 4.78 is 1.09. The van der Waals surface area contributed by atoms with Crippen LogP contribution in [0, 0.1) is 0 Å². The Kier molecular flexibility index (Phi) is 7.55. The molecule has 0 saturated carbocycles. The highest BCUT2D eigenvalue weighted by molar-refractivity contribution is 9.10. The van der Waals surface area contributed by atoms with E-state index in [9.17, 15) is 4.79 Å². The number of nitrogens with zero attached hydrogens (tertiary/aromatic N) is 2. The number of carbonyl (C=O) groups is 1. The fourth-order valence-corrected chi connectivity index (χ4v) is 3.11. The van der Waals surface area contributed by atoms with Crippen molar-refractivity contribution in [2.24, 2.45) is 4.99 Å². The number of guanidine groups is 1. The van der Waals surface area contributed by atoms with Gasteiger partial charge in [-0.05, 0) is 44.5 Å². The molecule has 1 aliphatic rings. The van der Waals surface area contributed by atoms with Gasteiger partial charge in [0.1, 0.15) is 0 Å². The summed E-state index contributed by atoms with van der Waals surface area (Å²) in [5.74, 6) is 0.806. The Balaban J connectivity index is 1.75. The molecule has 1 saturated heterocycles. The molecule has 1 unspecified atom stereocenters. The summed E-state index contributed by atoms with van der Waals surface area (Å²) in [6.45, 7) is 6.46. The highest BCUT2D eigenvalue weighted by Crippen LogP contribution is 2.22. The van der Waals surface area contributed by atoms with E-state index in [0.29, 0.717) is 19.0 Å². The Morgan fingerprint density at radius 1 is 1.36 bits per heavy atom. The average Bonchev–Trinajstić information content (AvgIpc) is 3.02. The molecule has 2 rings (SSSR count). The van der Waals surface area contributed by atoms with Crippen LogP contribution in [0.4, 0.5) is 5.69 Å². The van der Waals surface area contributed by atoms with E-state index >= 15 is 0 Å². The van der Waals surface area contributed by atoms with Crippen LogP contribution in [-0.4, -0.2) is 50.6 Å². The monoisotopic (exact) mass is 409 g/mol. The molecule has 1 aromatic carbocycles. The fraction of sp³-hybridized carbons (Fsp3) is 0.556. The molecule has 138 valence electrons. The summed E-state index contributed by atoms with van der Waals surface area (Å²) in [6.07, 6.45) is 1.50. The molecule has 3 N–H and O–H groups in total. The third kappa shape index (κ3) is 6.57. The van der Waals surface area contributed by atoms with Gasteiger partial charge in [0.25, 0.3) is 0 Å². The number of anilines is 1. The van der Waals surface area contributed by atoms with E-state index in [1.165, 1.54) is 5.69 Å². The van der Waals surface area contributed by atoms with Crippen molar-refractivity contribution in [1.29, 1.82) is 0 Å². The second-order valence-corrected chi connectivity index (χ2v) is 7.44. The molecule has 0 bridgehead atoms. The SMILES string of the molecule is CN=C(NCCC(=O)NC(C)C)NC1CCN(c2ccc(Br)cc2)C1. The molecule has 0 aromatic heterocycles. The smallest absolute Gasteiger partial charge is 0.221 e. The molecule has 0 aliphatic carbocycles. The summed E-state index contributed by atoms with van der Waals surface area (Å²) in [5, 5.41) is 9.55. The van der Waals surface area contributed by atoms with Gasteiger partial charge >= 0.3 is 0 Å². The number of benzene rings is 1. The number of carbonyl (C=O) groups excluding carboxylic acids is 1. The molecule has 7 heteroatoms. The van der Waals surface area contributed by atoms with Gasteiger partial charge in [-0.1, -0.05) is 15.9 Å². The highest BCUT2D eigenvalue weighted by Gasteiger charge is 2.23. The van der Waals surface area contributed by atoms with Crippen molar-refractivity contribution in [3.63, 3.8) is 0 Å². The zero-order valence-corrected chi connectivity index (χ0v) is 16.8. The van der Waals surface area contributed by atoms with Crippen LogP contribution in [0.2, 0.25) is 0 Å². The maximum Gasteiger partial charge on any atom is 0.221 e. The minimum Gasteiger partial charge on any atom is -0.369 e. The predicted octanol–water partition coefficient (Wildman–Crippen LogP) is 2.11. The molecule has 0 spiro atoms. The van der Waals surface area contributed by atoms with Crippen molar-refractivity contribution in [3.8, 4) is 0 Å². The molecule has 1 fully saturated rings. The number of rotatable bonds is 6. The molecule has 6 nitrogen and oxygen atoms in total. The average molecular weight is 410 g/mol. The van der Waals surface area contributed by atoms with Crippen LogP contribution < -0.4 is 20.9 Å². The zero-order valence-electron chi connectivity index (χ0n) is 15.2. The van der Waals surface area contributed by atoms with Gasteiger partial charge in [-0.15, -0.1) is 0 Å². The molecular formula is C18H28BrN5O. The Hall–Kier alpha value is -1.76. The van der Waals surface area contributed by atoms with Gasteiger partial charge in [-0.25, -0.2) is 0 Å². The molecule has 1 amide bonds. The maximum absolute atomic E-state index is 11.7. The first kappa shape index (κ1) is 19.6. The van der Waals surface area contributed by atoms with Crippen molar-refractivity contribution in [1.82, 2.24) is 16.0 Å². The third-order valence-corrected chi connectivity index (χ3v) is 4.57. The van der Waals surface area contributed by atoms with Crippen molar-refractivity contribution in [3.05, 3.63) is 28.7 Å². The standard InChI is InChI=1S/C18H28BrN5O/c1-13(2)22-17(25)8-10-21-18(20-3)23-15-9-11-24(12-15)16-6-4-14(19)5-7-16/h4-7,13,15H,8-12H2,1-3H3,(H,22,25)(H2,20,21,23). The summed E-state index contributed by atoms with van der Waals surface area (Å²) in [4.78, 5) is 18.3. The Morgan fingerprint density at radius 3 is 2.72 bits per heavy atom. The minimum absolute atomic E-state index is 0.0558. The zero-order chi connectivity index (χ0) is 18.2. The first-order valence-corrected chi connectivity index (χ1v) is 9.54. The number of halogens is 1. The van der Waals surface area contributed by atoms with Crippen molar-refractivity contribution in [2.75, 3.05) is 31.6 Å². The van der Waals surface area contributed by atoms with Gasteiger partial charge in [0, 0.05) is 55.3 Å². The molecule has 1 aromatic rings. The van der Waals surface area contributed by atoms with Gasteiger partial charge < -0.3 is 20.9 Å². The topological polar surface area (TPSA) is 68.8 Å². The number of hydrogen-bond acceptors (Lipinski definition) is 3. The number of aliphatic imine (C=N–C) groups is 1. The van der Waals surface area contributed by atoms with Crippen molar-refractivity contribution in [2.45, 2.75) is 38.8 Å². The summed E-state index contributed by atoms with van der Waals surface area (Å²) in [6, 6.07) is 8.92. The van der Waals surface area contributed by atoms with Crippen LogP contribution in [-0.2, 0) is 4.79 Å². The van der Waals surface area contributed by atoms with Crippen LogP contribution in [0.3, 0.4) is 0 Å². The number of amides is 1. The lowest BCUT2D eigenvalue weighted by Crippen LogP contribution is -2.45. The Bertz CT molecular complexity index is 588. The third-order valence-electron chi connectivity index (χ3n) is 4.04. The normalized spacial score (nSPS) is 17.7. The van der Waals surface area contributed by atoms with Crippen molar-refractivity contribution < 1.29 is 4.79 Å². The lowest BCUT2D eigenvalue weighted by molar-refractivity contribution is -0.121. The summed E-state index contributed by atoms with van der Waals surface area (Å²) >= 11 is 3.47. The van der Waals surface area contributed by atoms with Gasteiger partial charge in [0.15, 0.2) is 5.96 Å². The van der Waals surface area contributed by atoms with Gasteiger partial charge in [-0.3, -0.25) is 9.79 Å². The molecular weight excluding hydrogens is 382 g/mol. The van der Waals surface area contributed by atoms with Crippen LogP contribution in [0.15, 0.2) is 33.7 Å². The minimum atomic E-state index is 0.0558. The Morgan fingerprint density at radius 2 is 2.08 bits per heavy atom. The van der Waals surface area contributed by atoms with Gasteiger partial charge in [0.05, 0.1) is 0 Å². The second-order valence-electron chi connectivity index (χ2n) is 6.52. The fourth-order valence-electron chi connectivity index (χ4n) is 2.84. The van der Waals surface area contributed by atoms with E-state index < -0.39 is 0 Å². The maximum atomic E-state index is 11.7. The molecule has 0 radical (unpaired) electrons. The van der Waals surface area contributed by atoms with Crippen molar-refractivity contribution >= 4 is 33.5 Å². The largest absolute Gasteiger partial charge is 0.369 e. The van der Waals surface area contributed by atoms with E-state index in [-0.39, 0.29) is 11.9 Å². The molecule has 1 atom stereocenters. The van der Waals surface area contributed by atoms with Gasteiger partial charge in [0.2, 0.25) is 5.91 Å². The van der Waals surface area contributed by atoms with Gasteiger partial charge in [-0.2, -0.15) is 0 Å². The second kappa shape index (κ2) is 9.65. The Labute approximate surface area is 158 Å². The first-order valence-electron chi connectivity index (χ1n) is 8.75. The number of hydrogen-bond donors (Lipinski definition) is 3. The van der Waals surface area contributed by atoms with Crippen LogP contribution in [0.1, 0.15) is 26.7 Å². The lowest BCUT2D eigenvalue weighted by Gasteiger charge is -2.20. The van der Waals surface area contributed by atoms with E-state index in [4.69, 9.17) is 0 Å². The first-order chi connectivity index (χ1) is 12.0. The van der Waals surface area contributed by atoms with Crippen LogP contribution in [0.25, 0.3) is 0 Å².